The van der Waals surface area contributed by atoms with Crippen LogP contribution in [0.2, 0.25) is 5.02 Å². The average molecular weight is 570 g/mol. The summed E-state index contributed by atoms with van der Waals surface area (Å²) in [5, 5.41) is 7.12. The van der Waals surface area contributed by atoms with Crippen molar-refractivity contribution in [3.05, 3.63) is 112 Å². The van der Waals surface area contributed by atoms with Crippen LogP contribution >= 0.6 is 11.6 Å². The minimum absolute atomic E-state index is 0.118. The van der Waals surface area contributed by atoms with E-state index < -0.39 is 0 Å². The highest BCUT2D eigenvalue weighted by Crippen LogP contribution is 2.35. The zero-order valence-electron chi connectivity index (χ0n) is 23.6. The van der Waals surface area contributed by atoms with Crippen LogP contribution in [0, 0.1) is 6.92 Å². The number of aromatic nitrogens is 1. The van der Waals surface area contributed by atoms with Crippen molar-refractivity contribution in [2.45, 2.75) is 58.9 Å². The topological polar surface area (TPSA) is 72.5 Å². The third-order valence-electron chi connectivity index (χ3n) is 7.47. The van der Waals surface area contributed by atoms with Gasteiger partial charge in [0.25, 0.3) is 5.91 Å². The Morgan fingerprint density at radius 1 is 1.02 bits per heavy atom. The van der Waals surface area contributed by atoms with Gasteiger partial charge in [0.2, 0.25) is 0 Å². The fraction of sp³-hybridized carbons (Fsp3) is 0.294. The van der Waals surface area contributed by atoms with E-state index >= 15 is 0 Å². The maximum atomic E-state index is 12.6. The quantitative estimate of drug-likeness (QED) is 0.270. The molecule has 0 fully saturated rings. The Labute approximate surface area is 247 Å². The molecule has 0 saturated carbocycles. The molecule has 6 nitrogen and oxygen atoms in total. The van der Waals surface area contributed by atoms with Crippen LogP contribution in [0.3, 0.4) is 0 Å². The number of benzene rings is 3. The maximum absolute atomic E-state index is 12.6. The molecule has 1 unspecified atom stereocenters. The lowest BCUT2D eigenvalue weighted by molar-refractivity contribution is 0.0952. The fourth-order valence-corrected chi connectivity index (χ4v) is 5.24. The van der Waals surface area contributed by atoms with Gasteiger partial charge in [-0.15, -0.1) is 0 Å². The van der Waals surface area contributed by atoms with Gasteiger partial charge >= 0.3 is 0 Å². The number of hydrogen-bond donors (Lipinski definition) is 2. The van der Waals surface area contributed by atoms with E-state index in [0.717, 1.165) is 36.0 Å². The predicted octanol–water partition coefficient (Wildman–Crippen LogP) is 7.26. The number of fused-ring (bicyclic) bond motifs is 3. The van der Waals surface area contributed by atoms with E-state index in [1.807, 2.05) is 36.4 Å². The SMILES string of the molecule is Cc1c(COc2cc3c(cc2Cl)CNC(C)CCCCNC(=O)c2cncc(c2)CO3)cccc1-c1ccccc1. The molecule has 1 amide bonds. The Balaban J connectivity index is 1.39. The maximum Gasteiger partial charge on any atom is 0.252 e. The smallest absolute Gasteiger partial charge is 0.252 e. The van der Waals surface area contributed by atoms with Crippen molar-refractivity contribution in [3.8, 4) is 22.6 Å². The number of carbonyl (C=O) groups is 1. The van der Waals surface area contributed by atoms with E-state index in [1.165, 1.54) is 16.7 Å². The fourth-order valence-electron chi connectivity index (χ4n) is 5.00. The molecule has 1 atom stereocenters. The minimum atomic E-state index is -0.118. The summed E-state index contributed by atoms with van der Waals surface area (Å²) in [5.74, 6) is 1.12. The lowest BCUT2D eigenvalue weighted by Crippen LogP contribution is -2.27. The van der Waals surface area contributed by atoms with Gasteiger partial charge in [0.15, 0.2) is 0 Å². The monoisotopic (exact) mass is 569 g/mol. The van der Waals surface area contributed by atoms with Crippen molar-refractivity contribution in [3.63, 3.8) is 0 Å². The Hall–Kier alpha value is -3.87. The summed E-state index contributed by atoms with van der Waals surface area (Å²) in [4.78, 5) is 16.9. The molecule has 41 heavy (non-hydrogen) atoms. The lowest BCUT2D eigenvalue weighted by Gasteiger charge is -2.19. The third kappa shape index (κ3) is 7.46. The number of hydrogen-bond acceptors (Lipinski definition) is 5. The summed E-state index contributed by atoms with van der Waals surface area (Å²) < 4.78 is 12.6. The number of pyridine rings is 1. The Kier molecular flexibility index (Phi) is 9.55. The molecule has 2 heterocycles. The van der Waals surface area contributed by atoms with E-state index in [4.69, 9.17) is 21.1 Å². The number of carbonyl (C=O) groups excluding carboxylic acids is 1. The molecule has 0 saturated heterocycles. The molecule has 1 aliphatic rings. The molecule has 1 aliphatic heterocycles. The second kappa shape index (κ2) is 13.7. The van der Waals surface area contributed by atoms with Crippen molar-refractivity contribution < 1.29 is 14.3 Å². The number of nitrogens with one attached hydrogen (secondary N) is 2. The molecule has 0 radical (unpaired) electrons. The van der Waals surface area contributed by atoms with Crippen molar-refractivity contribution in [1.29, 1.82) is 0 Å². The Bertz CT molecular complexity index is 1490. The molecule has 0 spiro atoms. The zero-order valence-corrected chi connectivity index (χ0v) is 24.3. The van der Waals surface area contributed by atoms with Crippen LogP contribution in [-0.4, -0.2) is 23.5 Å². The van der Waals surface area contributed by atoms with Gasteiger partial charge in [0, 0.05) is 48.7 Å². The number of nitrogens with zero attached hydrogens (tertiary/aromatic N) is 1. The summed E-state index contributed by atoms with van der Waals surface area (Å²) in [5.41, 5.74) is 6.91. The predicted molar refractivity (Wildman–Crippen MR) is 163 cm³/mol. The summed E-state index contributed by atoms with van der Waals surface area (Å²) in [6, 6.07) is 22.5. The molecule has 4 aromatic rings. The first kappa shape index (κ1) is 28.7. The summed E-state index contributed by atoms with van der Waals surface area (Å²) >= 11 is 6.75. The first-order valence-corrected chi connectivity index (χ1v) is 14.5. The van der Waals surface area contributed by atoms with Crippen LogP contribution in [0.1, 0.15) is 58.8 Å². The molecule has 2 bridgehead atoms. The Morgan fingerprint density at radius 3 is 2.73 bits per heavy atom. The van der Waals surface area contributed by atoms with Gasteiger partial charge in [-0.25, -0.2) is 0 Å². The van der Waals surface area contributed by atoms with E-state index in [1.54, 1.807) is 12.4 Å². The van der Waals surface area contributed by atoms with Crippen molar-refractivity contribution in [1.82, 2.24) is 15.6 Å². The zero-order chi connectivity index (χ0) is 28.6. The van der Waals surface area contributed by atoms with Gasteiger partial charge in [-0.1, -0.05) is 66.6 Å². The molecule has 5 rings (SSSR count). The number of halogens is 1. The molecule has 212 valence electrons. The van der Waals surface area contributed by atoms with Crippen LogP contribution < -0.4 is 20.1 Å². The van der Waals surface area contributed by atoms with E-state index in [0.29, 0.717) is 47.8 Å². The van der Waals surface area contributed by atoms with Gasteiger partial charge in [-0.05, 0) is 61.1 Å². The summed E-state index contributed by atoms with van der Waals surface area (Å²) in [7, 11) is 0. The second-order valence-corrected chi connectivity index (χ2v) is 10.9. The van der Waals surface area contributed by atoms with E-state index in [9.17, 15) is 4.79 Å². The average Bonchev–Trinajstić information content (AvgIpc) is 2.99. The first-order chi connectivity index (χ1) is 20.0. The number of ether oxygens (including phenoxy) is 2. The van der Waals surface area contributed by atoms with Crippen LogP contribution in [-0.2, 0) is 19.8 Å². The van der Waals surface area contributed by atoms with Gasteiger partial charge in [-0.3, -0.25) is 9.78 Å². The largest absolute Gasteiger partial charge is 0.488 e. The van der Waals surface area contributed by atoms with Crippen LogP contribution in [0.5, 0.6) is 11.5 Å². The molecule has 3 aromatic carbocycles. The van der Waals surface area contributed by atoms with Crippen molar-refractivity contribution >= 4 is 17.5 Å². The molecule has 1 aromatic heterocycles. The normalized spacial score (nSPS) is 16.3. The summed E-state index contributed by atoms with van der Waals surface area (Å²) in [6.07, 6.45) is 6.23. The van der Waals surface area contributed by atoms with Crippen LogP contribution in [0.25, 0.3) is 11.1 Å². The number of amides is 1. The standard InChI is InChI=1S/C34H36ClN3O3/c1-23-9-6-7-14-37-34(39)29-15-25(18-36-19-29)21-40-32-17-33(31(35)16-28(32)20-38-23)41-22-27-12-8-13-30(24(27)2)26-10-4-3-5-11-26/h3-5,8,10-13,15-19,23,38H,6-7,9,14,20-22H2,1-2H3,(H,37,39). The molecule has 2 N–H and O–H groups in total. The minimum Gasteiger partial charge on any atom is -0.488 e. The van der Waals surface area contributed by atoms with Crippen molar-refractivity contribution in [2.75, 3.05) is 6.54 Å². The third-order valence-corrected chi connectivity index (χ3v) is 7.77. The van der Waals surface area contributed by atoms with Crippen molar-refractivity contribution in [2.24, 2.45) is 0 Å². The van der Waals surface area contributed by atoms with Crippen LogP contribution in [0.15, 0.2) is 79.1 Å². The Morgan fingerprint density at radius 2 is 1.88 bits per heavy atom. The van der Waals surface area contributed by atoms with E-state index in [-0.39, 0.29) is 12.5 Å². The second-order valence-electron chi connectivity index (χ2n) is 10.5. The molecule has 0 aliphatic carbocycles. The number of rotatable bonds is 4. The highest BCUT2D eigenvalue weighted by atomic mass is 35.5. The summed E-state index contributed by atoms with van der Waals surface area (Å²) in [6.45, 7) is 6.18. The molecular weight excluding hydrogens is 534 g/mol. The first-order valence-electron chi connectivity index (χ1n) is 14.2. The van der Waals surface area contributed by atoms with Gasteiger partial charge in [0.1, 0.15) is 24.7 Å². The highest BCUT2D eigenvalue weighted by Gasteiger charge is 2.15. The lowest BCUT2D eigenvalue weighted by atomic mass is 9.97. The molecular formula is C34H36ClN3O3. The van der Waals surface area contributed by atoms with E-state index in [2.05, 4.69) is 59.8 Å². The molecule has 7 heteroatoms. The van der Waals surface area contributed by atoms with Gasteiger partial charge in [0.05, 0.1) is 10.6 Å². The van der Waals surface area contributed by atoms with Gasteiger partial charge < -0.3 is 20.1 Å². The van der Waals surface area contributed by atoms with Gasteiger partial charge in [-0.2, -0.15) is 0 Å². The van der Waals surface area contributed by atoms with Crippen LogP contribution in [0.4, 0.5) is 0 Å². The highest BCUT2D eigenvalue weighted by molar-refractivity contribution is 6.32.